The van der Waals surface area contributed by atoms with Crippen LogP contribution in [0.15, 0.2) is 4.79 Å². The van der Waals surface area contributed by atoms with Crippen molar-refractivity contribution < 1.29 is 19.4 Å². The third-order valence-corrected chi connectivity index (χ3v) is 4.19. The van der Waals surface area contributed by atoms with Crippen molar-refractivity contribution in [2.75, 3.05) is 26.3 Å². The van der Waals surface area contributed by atoms with E-state index in [-0.39, 0.29) is 17.3 Å². The zero-order chi connectivity index (χ0) is 14.7. The fraction of sp³-hybridized carbons (Fsp3) is 0.583. The largest absolute Gasteiger partial charge is 0.477 e. The number of aromatic carboxylic acids is 1. The molecule has 1 N–H and O–H groups in total. The third kappa shape index (κ3) is 2.91. The summed E-state index contributed by atoms with van der Waals surface area (Å²) in [5.74, 6) is -1.30. The zero-order valence-corrected chi connectivity index (χ0v) is 11.9. The number of aromatic nitrogens is 1. The van der Waals surface area contributed by atoms with Crippen LogP contribution in [-0.2, 0) is 22.5 Å². The fourth-order valence-corrected chi connectivity index (χ4v) is 3.08. The van der Waals surface area contributed by atoms with Crippen molar-refractivity contribution in [3.05, 3.63) is 20.2 Å². The second kappa shape index (κ2) is 6.19. The molecule has 110 valence electrons. The summed E-state index contributed by atoms with van der Waals surface area (Å²) < 4.78 is 6.44. The lowest BCUT2D eigenvalue weighted by Gasteiger charge is -2.27. The van der Waals surface area contributed by atoms with Gasteiger partial charge in [-0.3, -0.25) is 14.2 Å². The summed E-state index contributed by atoms with van der Waals surface area (Å²) in [4.78, 5) is 36.3. The molecule has 0 aromatic carbocycles. The van der Waals surface area contributed by atoms with E-state index in [0.717, 1.165) is 0 Å². The quantitative estimate of drug-likeness (QED) is 0.847. The molecule has 7 nitrogen and oxygen atoms in total. The molecule has 8 heteroatoms. The molecule has 1 aromatic rings. The van der Waals surface area contributed by atoms with E-state index in [9.17, 15) is 14.4 Å². The van der Waals surface area contributed by atoms with Crippen molar-refractivity contribution in [2.24, 2.45) is 0 Å². The molecule has 0 unspecified atom stereocenters. The predicted molar refractivity (Wildman–Crippen MR) is 72.3 cm³/mol. The first-order chi connectivity index (χ1) is 9.54. The maximum atomic E-state index is 12.1. The molecular formula is C12H16N2O5S. The Bertz CT molecular complexity index is 571. The Morgan fingerprint density at radius 1 is 1.35 bits per heavy atom. The van der Waals surface area contributed by atoms with Gasteiger partial charge in [0.15, 0.2) is 0 Å². The van der Waals surface area contributed by atoms with Crippen LogP contribution in [-0.4, -0.2) is 52.8 Å². The van der Waals surface area contributed by atoms with E-state index >= 15 is 0 Å². The van der Waals surface area contributed by atoms with E-state index in [0.29, 0.717) is 49.8 Å². The first-order valence-electron chi connectivity index (χ1n) is 6.36. The zero-order valence-electron chi connectivity index (χ0n) is 11.1. The highest BCUT2D eigenvalue weighted by atomic mass is 32.1. The van der Waals surface area contributed by atoms with Crippen LogP contribution in [0.5, 0.6) is 0 Å². The number of morpholine rings is 1. The Labute approximate surface area is 119 Å². The van der Waals surface area contributed by atoms with Crippen LogP contribution in [0.4, 0.5) is 0 Å². The SMILES string of the molecule is CCc1c(C(=O)O)sc(=O)n1CC(=O)N1CCOCC1. The maximum absolute atomic E-state index is 12.1. The van der Waals surface area contributed by atoms with Crippen molar-refractivity contribution >= 4 is 23.2 Å². The monoisotopic (exact) mass is 300 g/mol. The number of carbonyl (C=O) groups excluding carboxylic acids is 1. The molecule has 0 bridgehead atoms. The minimum atomic E-state index is -1.12. The van der Waals surface area contributed by atoms with Crippen LogP contribution in [0.1, 0.15) is 22.3 Å². The smallest absolute Gasteiger partial charge is 0.347 e. The highest BCUT2D eigenvalue weighted by molar-refractivity contribution is 7.11. The lowest BCUT2D eigenvalue weighted by atomic mass is 10.3. The third-order valence-electron chi connectivity index (χ3n) is 3.18. The van der Waals surface area contributed by atoms with Crippen molar-refractivity contribution in [3.63, 3.8) is 0 Å². The summed E-state index contributed by atoms with van der Waals surface area (Å²) >= 11 is 0.675. The molecule has 1 aromatic heterocycles. The summed E-state index contributed by atoms with van der Waals surface area (Å²) in [5, 5.41) is 9.06. The second-order valence-electron chi connectivity index (χ2n) is 4.38. The van der Waals surface area contributed by atoms with Gasteiger partial charge in [-0.25, -0.2) is 4.79 Å². The van der Waals surface area contributed by atoms with Gasteiger partial charge in [0.1, 0.15) is 11.4 Å². The summed E-state index contributed by atoms with van der Waals surface area (Å²) in [6, 6.07) is 0. The van der Waals surface area contributed by atoms with Gasteiger partial charge in [-0.2, -0.15) is 0 Å². The Morgan fingerprint density at radius 2 is 2.00 bits per heavy atom. The number of ether oxygens (including phenoxy) is 1. The molecule has 0 radical (unpaired) electrons. The average Bonchev–Trinajstić information content (AvgIpc) is 2.76. The Kier molecular flexibility index (Phi) is 4.56. The minimum absolute atomic E-state index is 0.0206. The minimum Gasteiger partial charge on any atom is -0.477 e. The number of hydrogen-bond donors (Lipinski definition) is 1. The summed E-state index contributed by atoms with van der Waals surface area (Å²) in [7, 11) is 0. The highest BCUT2D eigenvalue weighted by Crippen LogP contribution is 2.14. The average molecular weight is 300 g/mol. The standard InChI is InChI=1S/C12H16N2O5S/c1-2-8-10(11(16)17)20-12(18)14(8)7-9(15)13-3-5-19-6-4-13/h2-7H2,1H3,(H,16,17). The number of rotatable bonds is 4. The topological polar surface area (TPSA) is 88.8 Å². The van der Waals surface area contributed by atoms with E-state index in [1.165, 1.54) is 4.57 Å². The van der Waals surface area contributed by atoms with Gasteiger partial charge >= 0.3 is 10.8 Å². The van der Waals surface area contributed by atoms with Gasteiger partial charge in [0.2, 0.25) is 5.91 Å². The Morgan fingerprint density at radius 3 is 2.55 bits per heavy atom. The molecule has 20 heavy (non-hydrogen) atoms. The highest BCUT2D eigenvalue weighted by Gasteiger charge is 2.23. The van der Waals surface area contributed by atoms with E-state index in [1.807, 2.05) is 0 Å². The number of carboxylic acid groups (broad SMARTS) is 1. The first kappa shape index (κ1) is 14.7. The summed E-state index contributed by atoms with van der Waals surface area (Å²) in [5.41, 5.74) is 0.411. The van der Waals surface area contributed by atoms with Crippen molar-refractivity contribution in [3.8, 4) is 0 Å². The molecule has 1 aliphatic rings. The van der Waals surface area contributed by atoms with Crippen molar-refractivity contribution in [1.29, 1.82) is 0 Å². The normalized spacial score (nSPS) is 15.3. The summed E-state index contributed by atoms with van der Waals surface area (Å²) in [6.45, 7) is 3.65. The number of nitrogens with zero attached hydrogens (tertiary/aromatic N) is 2. The summed E-state index contributed by atoms with van der Waals surface area (Å²) in [6.07, 6.45) is 0.400. The molecule has 0 saturated carbocycles. The number of thiazole rings is 1. The van der Waals surface area contributed by atoms with Crippen LogP contribution < -0.4 is 4.87 Å². The van der Waals surface area contributed by atoms with E-state index in [4.69, 9.17) is 9.84 Å². The van der Waals surface area contributed by atoms with Crippen molar-refractivity contribution in [1.82, 2.24) is 9.47 Å². The van der Waals surface area contributed by atoms with Crippen molar-refractivity contribution in [2.45, 2.75) is 19.9 Å². The Hall–Kier alpha value is -1.67. The van der Waals surface area contributed by atoms with Crippen LogP contribution in [0.25, 0.3) is 0 Å². The molecular weight excluding hydrogens is 284 g/mol. The van der Waals surface area contributed by atoms with Crippen LogP contribution in [0.2, 0.25) is 0 Å². The second-order valence-corrected chi connectivity index (χ2v) is 5.34. The lowest BCUT2D eigenvalue weighted by Crippen LogP contribution is -2.43. The molecule has 1 amide bonds. The fourth-order valence-electron chi connectivity index (χ4n) is 2.16. The van der Waals surface area contributed by atoms with Gasteiger partial charge in [0.25, 0.3) is 0 Å². The van der Waals surface area contributed by atoms with E-state index < -0.39 is 10.8 Å². The molecule has 0 aliphatic carbocycles. The van der Waals surface area contributed by atoms with E-state index in [1.54, 1.807) is 11.8 Å². The molecule has 0 atom stereocenters. The van der Waals surface area contributed by atoms with Crippen LogP contribution in [0, 0.1) is 0 Å². The first-order valence-corrected chi connectivity index (χ1v) is 7.17. The Balaban J connectivity index is 2.22. The number of hydrogen-bond acceptors (Lipinski definition) is 5. The number of amides is 1. The molecule has 2 heterocycles. The van der Waals surface area contributed by atoms with E-state index in [2.05, 4.69) is 0 Å². The van der Waals surface area contributed by atoms with Gasteiger partial charge in [-0.05, 0) is 6.42 Å². The van der Waals surface area contributed by atoms with Gasteiger partial charge in [0, 0.05) is 18.8 Å². The predicted octanol–water partition coefficient (Wildman–Crippen LogP) is 0.0292. The molecule has 1 saturated heterocycles. The van der Waals surface area contributed by atoms with Crippen LogP contribution >= 0.6 is 11.3 Å². The van der Waals surface area contributed by atoms with Crippen LogP contribution in [0.3, 0.4) is 0 Å². The van der Waals surface area contributed by atoms with Gasteiger partial charge < -0.3 is 14.7 Å². The number of carboxylic acids is 1. The number of carbonyl (C=O) groups is 2. The molecule has 2 rings (SSSR count). The maximum Gasteiger partial charge on any atom is 0.347 e. The molecule has 0 spiro atoms. The van der Waals surface area contributed by atoms with Gasteiger partial charge in [0.05, 0.1) is 13.2 Å². The van der Waals surface area contributed by atoms with Gasteiger partial charge in [-0.15, -0.1) is 0 Å². The molecule has 1 aliphatic heterocycles. The van der Waals surface area contributed by atoms with Gasteiger partial charge in [-0.1, -0.05) is 18.3 Å². The lowest BCUT2D eigenvalue weighted by molar-refractivity contribution is -0.135. The molecule has 1 fully saturated rings.